The fourth-order valence-corrected chi connectivity index (χ4v) is 8.59. The van der Waals surface area contributed by atoms with Crippen LogP contribution in [-0.2, 0) is 10.8 Å². The molecule has 0 bridgehead atoms. The highest BCUT2D eigenvalue weighted by Crippen LogP contribution is 2.46. The van der Waals surface area contributed by atoms with Gasteiger partial charge in [0, 0.05) is 28.3 Å². The number of phenolic OH excluding ortho intramolecular Hbond substituents is 1. The molecule has 5 heteroatoms. The van der Waals surface area contributed by atoms with Crippen molar-refractivity contribution in [2.75, 3.05) is 0 Å². The van der Waals surface area contributed by atoms with Crippen LogP contribution in [-0.4, -0.2) is 19.6 Å². The number of fused-ring (bicyclic) bond motifs is 5. The topological polar surface area (TPSA) is 64.1 Å². The van der Waals surface area contributed by atoms with Gasteiger partial charge in [-0.2, -0.15) is 0 Å². The summed E-state index contributed by atoms with van der Waals surface area (Å²) in [6, 6.07) is 57.0. The lowest BCUT2D eigenvalue weighted by molar-refractivity contribution is 0.446. The predicted octanol–water partition coefficient (Wildman–Crippen LogP) is 15.0. The highest BCUT2D eigenvalue weighted by Gasteiger charge is 2.29. The van der Waals surface area contributed by atoms with Gasteiger partial charge in [-0.1, -0.05) is 145 Å². The Morgan fingerprint density at radius 3 is 1.80 bits per heavy atom. The molecule has 0 saturated carbocycles. The Bertz CT molecular complexity index is 3260. The van der Waals surface area contributed by atoms with Gasteiger partial charge in [-0.05, 0) is 105 Å². The smallest absolute Gasteiger partial charge is 0.149 e. The predicted molar refractivity (Wildman–Crippen MR) is 252 cm³/mol. The zero-order valence-electron chi connectivity index (χ0n) is 35.4. The van der Waals surface area contributed by atoms with Crippen molar-refractivity contribution in [1.29, 1.82) is 0 Å². The Balaban J connectivity index is 1.29. The van der Waals surface area contributed by atoms with Crippen LogP contribution in [0.2, 0.25) is 0 Å². The molecule has 1 N–H and O–H groups in total. The van der Waals surface area contributed by atoms with E-state index in [0.29, 0.717) is 11.4 Å². The van der Waals surface area contributed by atoms with Crippen molar-refractivity contribution in [3.05, 3.63) is 181 Å². The number of aromatic nitrogens is 3. The van der Waals surface area contributed by atoms with Crippen molar-refractivity contribution >= 4 is 33.0 Å². The molecule has 61 heavy (non-hydrogen) atoms. The molecule has 0 aliphatic rings. The van der Waals surface area contributed by atoms with E-state index in [1.54, 1.807) is 0 Å². The average molecular weight is 794 g/mol. The SMILES string of the molecule is CC(C)(C)c1cc(-c2nc3c4c(ccc3n2-c2ccc(-c3ccccc3)cc2-c2ccccc2)oc2ccc(-c3cc(-c5ccccc5)ccn3)cc24)c(O)c(C(C)(C)C)c1. The van der Waals surface area contributed by atoms with Gasteiger partial charge in [0.15, 0.2) is 0 Å². The lowest BCUT2D eigenvalue weighted by Crippen LogP contribution is -2.17. The van der Waals surface area contributed by atoms with Crippen molar-refractivity contribution in [1.82, 2.24) is 14.5 Å². The number of hydrogen-bond donors (Lipinski definition) is 1. The minimum absolute atomic E-state index is 0.192. The van der Waals surface area contributed by atoms with E-state index in [4.69, 9.17) is 14.4 Å². The molecule has 7 aromatic carbocycles. The third-order valence-corrected chi connectivity index (χ3v) is 11.9. The van der Waals surface area contributed by atoms with Crippen molar-refractivity contribution in [2.24, 2.45) is 0 Å². The molecule has 0 aliphatic heterocycles. The molecule has 3 aromatic heterocycles. The van der Waals surface area contributed by atoms with Gasteiger partial charge in [0.1, 0.15) is 28.3 Å². The molecular weight excluding hydrogens is 747 g/mol. The fraction of sp³-hybridized carbons (Fsp3) is 0.143. The number of rotatable bonds is 6. The van der Waals surface area contributed by atoms with Crippen LogP contribution in [0.4, 0.5) is 0 Å². The molecule has 298 valence electrons. The van der Waals surface area contributed by atoms with E-state index in [-0.39, 0.29) is 16.6 Å². The van der Waals surface area contributed by atoms with Crippen LogP contribution in [0.1, 0.15) is 52.7 Å². The highest BCUT2D eigenvalue weighted by molar-refractivity contribution is 6.18. The minimum atomic E-state index is -0.334. The fourth-order valence-electron chi connectivity index (χ4n) is 8.59. The standard InChI is InChI=1S/C56H47N3O2/c1-55(2,3)41-33-44(53(60)45(34-41)56(4,5)6)54-58-52-48(59(54)47-24-22-38(35-16-10-7-11-17-35)30-42(47)37-20-14-9-15-21-37)25-27-50-51(52)43-31-40(23-26-49(43)61-50)46-32-39(28-29-57-46)36-18-12-8-13-19-36/h7-34,60H,1-6H3. The Morgan fingerprint density at radius 2 is 1.15 bits per heavy atom. The maximum Gasteiger partial charge on any atom is 0.149 e. The molecule has 0 saturated heterocycles. The molecule has 0 fully saturated rings. The summed E-state index contributed by atoms with van der Waals surface area (Å²) < 4.78 is 8.84. The van der Waals surface area contributed by atoms with Gasteiger partial charge in [0.05, 0.1) is 27.8 Å². The van der Waals surface area contributed by atoms with Crippen LogP contribution in [0, 0.1) is 0 Å². The van der Waals surface area contributed by atoms with E-state index in [1.165, 1.54) is 0 Å². The molecule has 0 radical (unpaired) electrons. The molecule has 10 aromatic rings. The zero-order valence-corrected chi connectivity index (χ0v) is 35.4. The Morgan fingerprint density at radius 1 is 0.525 bits per heavy atom. The summed E-state index contributed by atoms with van der Waals surface area (Å²) >= 11 is 0. The van der Waals surface area contributed by atoms with Crippen molar-refractivity contribution in [3.8, 4) is 67.5 Å². The Labute approximate surface area is 356 Å². The van der Waals surface area contributed by atoms with Crippen LogP contribution in [0.15, 0.2) is 174 Å². The first-order chi connectivity index (χ1) is 29.4. The first-order valence-corrected chi connectivity index (χ1v) is 21.0. The second kappa shape index (κ2) is 14.5. The minimum Gasteiger partial charge on any atom is -0.507 e. The summed E-state index contributed by atoms with van der Waals surface area (Å²) in [6.07, 6.45) is 1.87. The van der Waals surface area contributed by atoms with E-state index in [0.717, 1.165) is 94.4 Å². The first-order valence-electron chi connectivity index (χ1n) is 21.0. The molecule has 0 atom stereocenters. The normalized spacial score (nSPS) is 12.2. The number of pyridine rings is 1. The van der Waals surface area contributed by atoms with Gasteiger partial charge in [-0.25, -0.2) is 4.98 Å². The number of nitrogens with zero attached hydrogens (tertiary/aromatic N) is 3. The number of furan rings is 1. The highest BCUT2D eigenvalue weighted by atomic mass is 16.3. The summed E-state index contributed by atoms with van der Waals surface area (Å²) in [5, 5.41) is 14.3. The first kappa shape index (κ1) is 38.0. The number of phenols is 1. The molecule has 10 rings (SSSR count). The summed E-state index contributed by atoms with van der Waals surface area (Å²) in [7, 11) is 0. The van der Waals surface area contributed by atoms with Gasteiger partial charge >= 0.3 is 0 Å². The average Bonchev–Trinajstić information content (AvgIpc) is 3.85. The van der Waals surface area contributed by atoms with Crippen LogP contribution < -0.4 is 0 Å². The van der Waals surface area contributed by atoms with Crippen LogP contribution in [0.3, 0.4) is 0 Å². The maximum absolute atomic E-state index is 12.5. The van der Waals surface area contributed by atoms with Gasteiger partial charge in [-0.15, -0.1) is 0 Å². The largest absolute Gasteiger partial charge is 0.507 e. The van der Waals surface area contributed by atoms with Crippen LogP contribution in [0.25, 0.3) is 94.7 Å². The summed E-state index contributed by atoms with van der Waals surface area (Å²) in [5.74, 6) is 0.892. The molecule has 0 unspecified atom stereocenters. The number of benzene rings is 7. The van der Waals surface area contributed by atoms with Crippen molar-refractivity contribution in [2.45, 2.75) is 52.4 Å². The third-order valence-electron chi connectivity index (χ3n) is 11.9. The zero-order chi connectivity index (χ0) is 42.0. The molecule has 0 spiro atoms. The second-order valence-electron chi connectivity index (χ2n) is 18.1. The molecule has 0 aliphatic carbocycles. The number of hydrogen-bond acceptors (Lipinski definition) is 4. The van der Waals surface area contributed by atoms with Crippen LogP contribution >= 0.6 is 0 Å². The summed E-state index contributed by atoms with van der Waals surface area (Å²) in [5.41, 5.74) is 14.8. The molecule has 0 amide bonds. The Kier molecular flexibility index (Phi) is 9.03. The van der Waals surface area contributed by atoms with Gasteiger partial charge in [0.2, 0.25) is 0 Å². The van der Waals surface area contributed by atoms with Crippen molar-refractivity contribution < 1.29 is 9.52 Å². The maximum atomic E-state index is 12.5. The molecule has 5 nitrogen and oxygen atoms in total. The van der Waals surface area contributed by atoms with Crippen LogP contribution in [0.5, 0.6) is 5.75 Å². The van der Waals surface area contributed by atoms with Gasteiger partial charge in [0.25, 0.3) is 0 Å². The molecular formula is C56H47N3O2. The second-order valence-corrected chi connectivity index (χ2v) is 18.1. The lowest BCUT2D eigenvalue weighted by atomic mass is 9.79. The lowest BCUT2D eigenvalue weighted by Gasteiger charge is -2.27. The van der Waals surface area contributed by atoms with E-state index in [9.17, 15) is 5.11 Å². The Hall–Kier alpha value is -7.24. The summed E-state index contributed by atoms with van der Waals surface area (Å²) in [4.78, 5) is 10.4. The van der Waals surface area contributed by atoms with Gasteiger partial charge < -0.3 is 9.52 Å². The number of imidazole rings is 1. The van der Waals surface area contributed by atoms with E-state index in [1.807, 2.05) is 30.5 Å². The summed E-state index contributed by atoms with van der Waals surface area (Å²) in [6.45, 7) is 13.1. The quantitative estimate of drug-likeness (QED) is 0.182. The number of aromatic hydroxyl groups is 1. The van der Waals surface area contributed by atoms with E-state index in [2.05, 4.69) is 186 Å². The molecule has 3 heterocycles. The van der Waals surface area contributed by atoms with E-state index >= 15 is 0 Å². The van der Waals surface area contributed by atoms with E-state index < -0.39 is 0 Å². The monoisotopic (exact) mass is 793 g/mol. The third kappa shape index (κ3) is 6.76. The van der Waals surface area contributed by atoms with Gasteiger partial charge in [-0.3, -0.25) is 9.55 Å². The van der Waals surface area contributed by atoms with Crippen molar-refractivity contribution in [3.63, 3.8) is 0 Å².